The van der Waals surface area contributed by atoms with Gasteiger partial charge in [-0.25, -0.2) is 0 Å². The highest BCUT2D eigenvalue weighted by Gasteiger charge is 2.31. The van der Waals surface area contributed by atoms with Crippen molar-refractivity contribution >= 4 is 23.0 Å². The second-order valence-electron chi connectivity index (χ2n) is 5.42. The smallest absolute Gasteiger partial charge is 0.221 e. The van der Waals surface area contributed by atoms with Gasteiger partial charge in [0.2, 0.25) is 5.91 Å². The number of fused-ring (bicyclic) bond motifs is 1. The predicted molar refractivity (Wildman–Crippen MR) is 84.9 cm³/mol. The average molecular weight is 315 g/mol. The molecule has 0 spiro atoms. The maximum atomic E-state index is 12.1. The van der Waals surface area contributed by atoms with Crippen molar-refractivity contribution in [1.29, 1.82) is 0 Å². The Morgan fingerprint density at radius 3 is 2.77 bits per heavy atom. The number of nitrogens with one attached hydrogen (secondary N) is 1. The number of carbonyl (C=O) groups is 2. The lowest BCUT2D eigenvalue weighted by Gasteiger charge is -2.17. The zero-order valence-electron chi connectivity index (χ0n) is 12.0. The molecular formula is C17H17NO3S. The van der Waals surface area contributed by atoms with Crippen LogP contribution in [-0.2, 0) is 11.2 Å². The van der Waals surface area contributed by atoms with Gasteiger partial charge in [-0.1, -0.05) is 30.3 Å². The van der Waals surface area contributed by atoms with E-state index in [2.05, 4.69) is 5.32 Å². The second-order valence-corrected chi connectivity index (χ2v) is 6.36. The van der Waals surface area contributed by atoms with E-state index in [9.17, 15) is 14.7 Å². The van der Waals surface area contributed by atoms with Crippen LogP contribution in [0.4, 0.5) is 0 Å². The molecule has 0 bridgehead atoms. The first-order valence-electron chi connectivity index (χ1n) is 7.27. The van der Waals surface area contributed by atoms with Gasteiger partial charge in [0.1, 0.15) is 0 Å². The molecular weight excluding hydrogens is 298 g/mol. The zero-order valence-corrected chi connectivity index (χ0v) is 12.8. The lowest BCUT2D eigenvalue weighted by molar-refractivity contribution is -0.122. The van der Waals surface area contributed by atoms with Gasteiger partial charge < -0.3 is 10.4 Å². The summed E-state index contributed by atoms with van der Waals surface area (Å²) in [5.41, 5.74) is 2.03. The highest BCUT2D eigenvalue weighted by atomic mass is 32.1. The van der Waals surface area contributed by atoms with Crippen LogP contribution >= 0.6 is 11.3 Å². The molecule has 114 valence electrons. The van der Waals surface area contributed by atoms with Crippen LogP contribution in [0, 0.1) is 0 Å². The third kappa shape index (κ3) is 3.10. The van der Waals surface area contributed by atoms with Crippen molar-refractivity contribution in [3.05, 3.63) is 57.8 Å². The fourth-order valence-electron chi connectivity index (χ4n) is 2.78. The van der Waals surface area contributed by atoms with Crippen LogP contribution in [0.5, 0.6) is 0 Å². The molecule has 0 saturated carbocycles. The Labute approximate surface area is 132 Å². The minimum Gasteiger partial charge on any atom is -0.390 e. The molecule has 5 heteroatoms. The van der Waals surface area contributed by atoms with E-state index in [4.69, 9.17) is 0 Å². The van der Waals surface area contributed by atoms with Crippen molar-refractivity contribution in [3.63, 3.8) is 0 Å². The zero-order chi connectivity index (χ0) is 15.5. The van der Waals surface area contributed by atoms with Gasteiger partial charge in [-0.2, -0.15) is 0 Å². The molecule has 22 heavy (non-hydrogen) atoms. The van der Waals surface area contributed by atoms with E-state index in [1.165, 1.54) is 11.3 Å². The number of aliphatic hydroxyl groups excluding tert-OH is 1. The number of hydrogen-bond acceptors (Lipinski definition) is 4. The molecule has 4 nitrogen and oxygen atoms in total. The van der Waals surface area contributed by atoms with Crippen molar-refractivity contribution in [2.75, 3.05) is 0 Å². The number of Topliss-reactive ketones (excluding diaryl/α,β-unsaturated/α-hetero) is 1. The Bertz CT molecular complexity index is 681. The van der Waals surface area contributed by atoms with E-state index in [0.717, 1.165) is 11.1 Å². The summed E-state index contributed by atoms with van der Waals surface area (Å²) in [6.07, 6.45) is 0.281. The fraction of sp³-hybridized carbons (Fsp3) is 0.294. The van der Waals surface area contributed by atoms with Gasteiger partial charge in [0.15, 0.2) is 5.78 Å². The van der Waals surface area contributed by atoms with Crippen molar-refractivity contribution in [2.45, 2.75) is 31.4 Å². The Kier molecular flexibility index (Phi) is 4.36. The summed E-state index contributed by atoms with van der Waals surface area (Å²) >= 11 is 1.39. The molecule has 1 aliphatic rings. The number of aliphatic hydroxyl groups is 1. The van der Waals surface area contributed by atoms with Gasteiger partial charge in [0.05, 0.1) is 17.0 Å². The first-order chi connectivity index (χ1) is 10.6. The molecule has 1 heterocycles. The maximum absolute atomic E-state index is 12.1. The molecule has 0 aliphatic heterocycles. The van der Waals surface area contributed by atoms with Gasteiger partial charge in [-0.05, 0) is 22.6 Å². The van der Waals surface area contributed by atoms with Crippen LogP contribution in [0.25, 0.3) is 0 Å². The van der Waals surface area contributed by atoms with E-state index < -0.39 is 6.10 Å². The van der Waals surface area contributed by atoms with Crippen LogP contribution in [-0.4, -0.2) is 22.9 Å². The van der Waals surface area contributed by atoms with Crippen molar-refractivity contribution in [2.24, 2.45) is 0 Å². The number of benzene rings is 1. The van der Waals surface area contributed by atoms with Crippen LogP contribution in [0.1, 0.15) is 39.7 Å². The molecule has 2 aromatic rings. The molecule has 1 amide bonds. The number of rotatable bonds is 5. The Morgan fingerprint density at radius 1 is 1.18 bits per heavy atom. The molecule has 0 saturated heterocycles. The molecule has 0 radical (unpaired) electrons. The summed E-state index contributed by atoms with van der Waals surface area (Å²) in [6, 6.07) is 10.9. The molecule has 0 fully saturated rings. The molecule has 1 aromatic heterocycles. The highest BCUT2D eigenvalue weighted by Crippen LogP contribution is 2.31. The van der Waals surface area contributed by atoms with E-state index in [1.54, 1.807) is 6.07 Å². The summed E-state index contributed by atoms with van der Waals surface area (Å²) in [4.78, 5) is 24.6. The topological polar surface area (TPSA) is 66.4 Å². The van der Waals surface area contributed by atoms with E-state index >= 15 is 0 Å². The van der Waals surface area contributed by atoms with Crippen molar-refractivity contribution in [1.82, 2.24) is 5.32 Å². The summed E-state index contributed by atoms with van der Waals surface area (Å²) < 4.78 is 0. The number of ketones is 1. The lowest BCUT2D eigenvalue weighted by Crippen LogP contribution is -2.33. The number of thiophene rings is 1. The van der Waals surface area contributed by atoms with E-state index in [1.807, 2.05) is 35.7 Å². The summed E-state index contributed by atoms with van der Waals surface area (Å²) in [7, 11) is 0. The first-order valence-corrected chi connectivity index (χ1v) is 8.15. The molecule has 0 unspecified atom stereocenters. The standard InChI is InChI=1S/C17H17NO3S/c19-13(15-6-3-9-22-15)7-8-16(21)18-17-12-5-2-1-4-11(12)10-14(17)20/h1-6,9,14,17,20H,7-8,10H2,(H,18,21)/t14-,17-/m1/s1. The minimum absolute atomic E-state index is 0.0162. The maximum Gasteiger partial charge on any atom is 0.221 e. The first kappa shape index (κ1) is 14.9. The van der Waals surface area contributed by atoms with E-state index in [0.29, 0.717) is 11.3 Å². The average Bonchev–Trinajstić information content (AvgIpc) is 3.14. The Balaban J connectivity index is 1.57. The van der Waals surface area contributed by atoms with Crippen LogP contribution in [0.3, 0.4) is 0 Å². The summed E-state index contributed by atoms with van der Waals surface area (Å²) in [5.74, 6) is -0.219. The number of amides is 1. The quantitative estimate of drug-likeness (QED) is 0.833. The van der Waals surface area contributed by atoms with Crippen molar-refractivity contribution in [3.8, 4) is 0 Å². The van der Waals surface area contributed by atoms with Gasteiger partial charge in [-0.3, -0.25) is 9.59 Å². The third-order valence-electron chi connectivity index (χ3n) is 3.90. The number of hydrogen-bond donors (Lipinski definition) is 2. The largest absolute Gasteiger partial charge is 0.390 e. The minimum atomic E-state index is -0.602. The predicted octanol–water partition coefficient (Wildman–Crippen LogP) is 2.49. The van der Waals surface area contributed by atoms with Crippen molar-refractivity contribution < 1.29 is 14.7 Å². The summed E-state index contributed by atoms with van der Waals surface area (Å²) in [6.45, 7) is 0. The fourth-order valence-corrected chi connectivity index (χ4v) is 3.48. The van der Waals surface area contributed by atoms with Crippen LogP contribution in [0.15, 0.2) is 41.8 Å². The molecule has 3 rings (SSSR count). The summed E-state index contributed by atoms with van der Waals surface area (Å²) in [5, 5.41) is 14.8. The SMILES string of the molecule is O=C(CCC(=O)c1cccs1)N[C@@H]1c2ccccc2C[C@H]1O. The molecule has 1 aromatic carbocycles. The lowest BCUT2D eigenvalue weighted by atomic mass is 10.1. The monoisotopic (exact) mass is 315 g/mol. The van der Waals surface area contributed by atoms with Crippen LogP contribution in [0.2, 0.25) is 0 Å². The Hall–Kier alpha value is -1.98. The van der Waals surface area contributed by atoms with Gasteiger partial charge >= 0.3 is 0 Å². The molecule has 1 aliphatic carbocycles. The Morgan fingerprint density at radius 2 is 2.00 bits per heavy atom. The number of carbonyl (C=O) groups excluding carboxylic acids is 2. The molecule has 2 N–H and O–H groups in total. The van der Waals surface area contributed by atoms with Crippen LogP contribution < -0.4 is 5.32 Å². The van der Waals surface area contributed by atoms with Gasteiger partial charge in [0, 0.05) is 19.3 Å². The normalized spacial score (nSPS) is 19.7. The van der Waals surface area contributed by atoms with Gasteiger partial charge in [0.25, 0.3) is 0 Å². The third-order valence-corrected chi connectivity index (χ3v) is 4.81. The van der Waals surface area contributed by atoms with Gasteiger partial charge in [-0.15, -0.1) is 11.3 Å². The second kappa shape index (κ2) is 6.42. The van der Waals surface area contributed by atoms with E-state index in [-0.39, 0.29) is 30.6 Å². The highest BCUT2D eigenvalue weighted by molar-refractivity contribution is 7.12. The molecule has 2 atom stereocenters.